The van der Waals surface area contributed by atoms with E-state index in [1.165, 1.54) is 36.9 Å². The fraction of sp³-hybridized carbons (Fsp3) is 0.400. The van der Waals surface area contributed by atoms with Gasteiger partial charge in [-0.2, -0.15) is 0 Å². The Hall–Kier alpha value is -2.64. The molecule has 8 rings (SSSR count). The second-order valence-electron chi connectivity index (χ2n) is 17.7. The van der Waals surface area contributed by atoms with Crippen LogP contribution >= 0.6 is 0 Å². The number of aliphatic hydroxyl groups excluding tert-OH is 1. The summed E-state index contributed by atoms with van der Waals surface area (Å²) in [6.45, 7) is 18.8. The molecule has 2 N–H and O–H groups in total. The molecule has 0 radical (unpaired) electrons. The van der Waals surface area contributed by atoms with Gasteiger partial charge in [0.15, 0.2) is 31.5 Å². The lowest BCUT2D eigenvalue weighted by atomic mass is 9.79. The second-order valence-corrected chi connectivity index (χ2v) is 40.2. The molecule has 12 nitrogen and oxygen atoms in total. The van der Waals surface area contributed by atoms with Crippen LogP contribution in [0.4, 0.5) is 5.82 Å². The minimum Gasteiger partial charge on any atom is -0.497 e. The number of hydrogen-bond donors (Lipinski definition) is 2. The fourth-order valence-corrected chi connectivity index (χ4v) is 30.7. The van der Waals surface area contributed by atoms with E-state index in [0.717, 1.165) is 41.2 Å². The van der Waals surface area contributed by atoms with Gasteiger partial charge in [0.25, 0.3) is 5.91 Å². The van der Waals surface area contributed by atoms with Crippen molar-refractivity contribution in [1.29, 1.82) is 0 Å². The van der Waals surface area contributed by atoms with Crippen LogP contribution in [0.25, 0.3) is 11.2 Å². The van der Waals surface area contributed by atoms with Gasteiger partial charge in [-0.3, -0.25) is 9.36 Å². The molecule has 4 heterocycles. The molecule has 2 aliphatic heterocycles. The molecule has 0 spiro atoms. The Morgan fingerprint density at radius 3 is 1.83 bits per heavy atom. The van der Waals surface area contributed by atoms with Gasteiger partial charge < -0.3 is 33.8 Å². The Morgan fingerprint density at radius 1 is 0.773 bits per heavy atom. The molecular weight excluding hydrogens is 1200 g/mol. The number of imidazole rings is 1. The maximum Gasteiger partial charge on any atom is 0.256 e. The van der Waals surface area contributed by atoms with Crippen LogP contribution in [0.15, 0.2) is 122 Å². The number of hydrogen-bond acceptors (Lipinski definition) is 12. The molecule has 6 aromatic rings. The van der Waals surface area contributed by atoms with E-state index in [-0.39, 0.29) is 23.4 Å². The lowest BCUT2D eigenvalue weighted by Gasteiger charge is -2.40. The van der Waals surface area contributed by atoms with Crippen molar-refractivity contribution >= 4 is 142 Å². The van der Waals surface area contributed by atoms with Gasteiger partial charge in [-0.05, 0) is 78.9 Å². The highest BCUT2D eigenvalue weighted by Crippen LogP contribution is 2.45. The van der Waals surface area contributed by atoms with Crippen molar-refractivity contribution in [3.05, 3.63) is 150 Å². The van der Waals surface area contributed by atoms with Gasteiger partial charge in [0, 0.05) is 130 Å². The van der Waals surface area contributed by atoms with Crippen LogP contribution < -0.4 is 10.1 Å². The molecule has 2 aromatic heterocycles. The molecule has 75 heavy (non-hydrogen) atoms. The molecule has 2 saturated heterocycles. The van der Waals surface area contributed by atoms with E-state index in [1.54, 1.807) is 113 Å². The van der Waals surface area contributed by atoms with Crippen molar-refractivity contribution in [3.63, 3.8) is 0 Å². The number of nitrogens with zero attached hydrogens (tertiary/aromatic N) is 4. The quantitative estimate of drug-likeness (QED) is 0.0891. The van der Waals surface area contributed by atoms with Crippen LogP contribution in [0.3, 0.4) is 0 Å². The van der Waals surface area contributed by atoms with Gasteiger partial charge in [0.1, 0.15) is 36.0 Å². The van der Waals surface area contributed by atoms with Crippen molar-refractivity contribution in [2.45, 2.75) is 103 Å². The summed E-state index contributed by atoms with van der Waals surface area (Å²) in [6.07, 6.45) is 1.98. The van der Waals surface area contributed by atoms with Crippen LogP contribution in [-0.2, 0) is 135 Å². The third-order valence-electron chi connectivity index (χ3n) is 12.1. The highest BCUT2D eigenvalue weighted by Gasteiger charge is 2.52. The summed E-state index contributed by atoms with van der Waals surface area (Å²) in [5.74, 6) is 0.659. The van der Waals surface area contributed by atoms with Gasteiger partial charge >= 0.3 is 0 Å². The van der Waals surface area contributed by atoms with E-state index in [4.69, 9.17) is 23.4 Å². The van der Waals surface area contributed by atoms with Crippen molar-refractivity contribution in [2.24, 2.45) is 0 Å². The largest absolute Gasteiger partial charge is 0.497 e. The summed E-state index contributed by atoms with van der Waals surface area (Å²) >= 11 is 9.38. The topological polar surface area (TPSA) is 139 Å². The number of ether oxygens (including phenoxy) is 4. The number of fused-ring (bicyclic) bond motifs is 1. The molecule has 25 heteroatoms. The highest BCUT2D eigenvalue weighted by molar-refractivity contribution is 8.75. The summed E-state index contributed by atoms with van der Waals surface area (Å²) in [5.41, 5.74) is 4.03. The number of carbonyl (C=O) groups is 1. The SMILES string of the molecule is C1CCOC1.CC.COc1ccc(C(OC[C@H]2O[C@@H](n3cnc4c(NC(=O)c5ccccc5)ncnc43)[C@@H](O[Si](C)(C)C(C)(C)C)C2O)(c2ccccc2)c2ccc(C)cc2)cc1.S=S=S=S=S=S=S=S=S=S=S=S. The number of aryl methyl sites for hydroxylation is 1. The molecule has 0 saturated carbocycles. The smallest absolute Gasteiger partial charge is 0.256 e. The number of aromatic nitrogens is 4. The number of rotatable bonds is 12. The molecule has 0 bridgehead atoms. The zero-order valence-corrected chi connectivity index (χ0v) is 53.8. The number of methoxy groups -OCH3 is 1. The maximum atomic E-state index is 13.1. The predicted octanol–water partition coefficient (Wildman–Crippen LogP) is 9.85. The monoisotopic (exact) mass is 1260 g/mol. The molecule has 5 atom stereocenters. The molecule has 2 unspecified atom stereocenters. The average molecular weight is 1260 g/mol. The normalized spacial score (nSPS) is 17.6. The van der Waals surface area contributed by atoms with E-state index >= 15 is 0 Å². The van der Waals surface area contributed by atoms with Gasteiger partial charge in [-0.25, -0.2) is 15.0 Å². The third kappa shape index (κ3) is 17.9. The summed E-state index contributed by atoms with van der Waals surface area (Å²) in [5, 5.41) is 15.0. The molecule has 0 aliphatic carbocycles. The first-order chi connectivity index (χ1) is 36.2. The maximum absolute atomic E-state index is 13.1. The predicted molar refractivity (Wildman–Crippen MR) is 338 cm³/mol. The Bertz CT molecular complexity index is 3180. The second kappa shape index (κ2) is 32.4. The van der Waals surface area contributed by atoms with Crippen molar-refractivity contribution < 1.29 is 33.3 Å². The third-order valence-corrected chi connectivity index (χ3v) is 36.6. The Labute approximate surface area is 480 Å². The molecular formula is C50H63N5O7S12Si. The number of nitrogens with one attached hydrogen (secondary N) is 1. The number of carbonyl (C=O) groups excluding carboxylic acids is 1. The molecule has 2 fully saturated rings. The van der Waals surface area contributed by atoms with Gasteiger partial charge in [0.2, 0.25) is 0 Å². The zero-order valence-electron chi connectivity index (χ0n) is 43.0. The Morgan fingerprint density at radius 2 is 1.31 bits per heavy atom. The standard InChI is InChI=1S/C44H49N5O6Si.C4H8O.C2H6.S12/c1-29-18-20-32(21-19-29)44(31-16-12-9-13-17-31,33-22-24-34(52-5)25-23-33)53-26-35-37(50)38(55-56(6,7)43(2,3)4)42(54-35)49-28-47-36-39(45-27-46-40(36)49)48-41(51)30-14-10-8-11-15-30;1-2-4-5-3-1;1-2;1-3-5-7-9-11-12-10-8-6-4-2/h8-25,27-28,35,37-38,42,50H,26H2,1-7H3,(H,45,46,48,51);1-4H2;1-2H3;/t35-,37?,38+,42-,44?;;;/m1.../s1. The number of benzene rings is 4. The van der Waals surface area contributed by atoms with Crippen LogP contribution in [-0.4, -0.2) is 84.1 Å². The summed E-state index contributed by atoms with van der Waals surface area (Å²) in [6, 6.07) is 35.1. The van der Waals surface area contributed by atoms with Crippen LogP contribution in [0.2, 0.25) is 18.1 Å². The minimum atomic E-state index is -2.48. The molecule has 1 amide bonds. The van der Waals surface area contributed by atoms with Crippen LogP contribution in [0, 0.1) is 6.92 Å². The summed E-state index contributed by atoms with van der Waals surface area (Å²) in [7, 11) is 15.4. The molecule has 2 aliphatic rings. The van der Waals surface area contributed by atoms with E-state index in [1.807, 2.05) is 74.5 Å². The fourth-order valence-electron chi connectivity index (χ4n) is 7.47. The van der Waals surface area contributed by atoms with E-state index in [2.05, 4.69) is 108 Å². The van der Waals surface area contributed by atoms with E-state index in [0.29, 0.717) is 16.7 Å². The number of amides is 1. The van der Waals surface area contributed by atoms with Crippen molar-refractivity contribution in [1.82, 2.24) is 19.5 Å². The lowest BCUT2D eigenvalue weighted by Crippen LogP contribution is -2.49. The van der Waals surface area contributed by atoms with E-state index in [9.17, 15) is 9.90 Å². The van der Waals surface area contributed by atoms with E-state index < -0.39 is 38.5 Å². The Kier molecular flexibility index (Phi) is 27.3. The van der Waals surface area contributed by atoms with Gasteiger partial charge in [-0.1, -0.05) is 125 Å². The first-order valence-electron chi connectivity index (χ1n) is 23.7. The van der Waals surface area contributed by atoms with Crippen molar-refractivity contribution in [3.8, 4) is 5.75 Å². The zero-order chi connectivity index (χ0) is 54.3. The number of anilines is 1. The Balaban J connectivity index is 0.000000464. The highest BCUT2D eigenvalue weighted by atomic mass is 33.4. The van der Waals surface area contributed by atoms with Crippen LogP contribution in [0.5, 0.6) is 5.75 Å². The van der Waals surface area contributed by atoms with Crippen molar-refractivity contribution in [2.75, 3.05) is 32.2 Å². The average Bonchev–Trinajstić information content (AvgIpc) is 4.22. The minimum absolute atomic E-state index is 0.00380. The molecule has 4 aromatic carbocycles. The van der Waals surface area contributed by atoms with Gasteiger partial charge in [0.05, 0.1) is 20.0 Å². The molecule has 406 valence electrons. The first-order valence-corrected chi connectivity index (χ1v) is 41.3. The summed E-state index contributed by atoms with van der Waals surface area (Å²) in [4.78, 5) is 26.7. The lowest BCUT2D eigenvalue weighted by molar-refractivity contribution is -0.0940. The number of aliphatic hydroxyl groups is 1. The summed E-state index contributed by atoms with van der Waals surface area (Å²) < 4.78 is 33.2. The first kappa shape index (κ1) is 63.2. The van der Waals surface area contributed by atoms with Crippen LogP contribution in [0.1, 0.15) is 86.3 Å². The van der Waals surface area contributed by atoms with Gasteiger partial charge in [-0.15, -0.1) is 0 Å².